The van der Waals surface area contributed by atoms with Gasteiger partial charge in [0.15, 0.2) is 11.7 Å². The molecular formula is C25H29FN4O2. The Labute approximate surface area is 188 Å². The molecule has 2 aromatic carbocycles. The van der Waals surface area contributed by atoms with Crippen molar-refractivity contribution in [2.45, 2.75) is 6.92 Å². The van der Waals surface area contributed by atoms with Gasteiger partial charge in [0.05, 0.1) is 6.61 Å². The summed E-state index contributed by atoms with van der Waals surface area (Å²) >= 11 is 0. The van der Waals surface area contributed by atoms with E-state index in [2.05, 4.69) is 40.7 Å². The van der Waals surface area contributed by atoms with Crippen molar-refractivity contribution in [3.8, 4) is 5.75 Å². The molecule has 0 radical (unpaired) electrons. The molecule has 0 spiro atoms. The Balaban J connectivity index is 2.09. The molecule has 0 aliphatic rings. The molecule has 0 aliphatic heterocycles. The number of anilines is 3. The van der Waals surface area contributed by atoms with Crippen LogP contribution >= 0.6 is 0 Å². The SMILES string of the molecule is C=CC(=C)Nc1cccc(NC(=N/C(=C)Nc2ccc(OCCOC)cc2)/C(F)=C\C)c1. The van der Waals surface area contributed by atoms with Crippen molar-refractivity contribution in [1.82, 2.24) is 0 Å². The summed E-state index contributed by atoms with van der Waals surface area (Å²) in [4.78, 5) is 4.28. The number of hydrogen-bond donors (Lipinski definition) is 3. The fourth-order valence-corrected chi connectivity index (χ4v) is 2.53. The number of aliphatic imine (C=N–C) groups is 1. The molecule has 0 bridgehead atoms. The normalized spacial score (nSPS) is 11.5. The van der Waals surface area contributed by atoms with Crippen LogP contribution in [0.4, 0.5) is 21.5 Å². The minimum atomic E-state index is -0.510. The Morgan fingerprint density at radius 3 is 2.31 bits per heavy atom. The molecule has 32 heavy (non-hydrogen) atoms. The molecule has 0 atom stereocenters. The van der Waals surface area contributed by atoms with E-state index in [1.807, 2.05) is 42.5 Å². The van der Waals surface area contributed by atoms with Crippen LogP contribution in [0, 0.1) is 0 Å². The minimum Gasteiger partial charge on any atom is -0.491 e. The van der Waals surface area contributed by atoms with Crippen molar-refractivity contribution in [2.75, 3.05) is 36.3 Å². The first-order chi connectivity index (χ1) is 15.4. The van der Waals surface area contributed by atoms with Gasteiger partial charge in [0.25, 0.3) is 0 Å². The molecule has 6 nitrogen and oxygen atoms in total. The molecule has 7 heteroatoms. The van der Waals surface area contributed by atoms with Crippen molar-refractivity contribution in [3.63, 3.8) is 0 Å². The summed E-state index contributed by atoms with van der Waals surface area (Å²) in [6.07, 6.45) is 2.94. The lowest BCUT2D eigenvalue weighted by molar-refractivity contribution is 0.146. The van der Waals surface area contributed by atoms with Gasteiger partial charge < -0.3 is 25.4 Å². The van der Waals surface area contributed by atoms with E-state index < -0.39 is 5.83 Å². The second-order valence-corrected chi connectivity index (χ2v) is 6.59. The smallest absolute Gasteiger partial charge is 0.168 e. The molecular weight excluding hydrogens is 407 g/mol. The summed E-state index contributed by atoms with van der Waals surface area (Å²) in [6, 6.07) is 14.6. The second-order valence-electron chi connectivity index (χ2n) is 6.59. The molecule has 2 aromatic rings. The van der Waals surface area contributed by atoms with Gasteiger partial charge in [-0.1, -0.05) is 25.8 Å². The van der Waals surface area contributed by atoms with Crippen molar-refractivity contribution in [2.24, 2.45) is 4.99 Å². The van der Waals surface area contributed by atoms with Crippen LogP contribution in [0.25, 0.3) is 0 Å². The lowest BCUT2D eigenvalue weighted by Gasteiger charge is -2.13. The summed E-state index contributed by atoms with van der Waals surface area (Å²) in [5.41, 5.74) is 2.83. The third-order valence-corrected chi connectivity index (χ3v) is 4.10. The quantitative estimate of drug-likeness (QED) is 0.163. The van der Waals surface area contributed by atoms with E-state index >= 15 is 0 Å². The van der Waals surface area contributed by atoms with Crippen molar-refractivity contribution in [1.29, 1.82) is 0 Å². The number of halogens is 1. The summed E-state index contributed by atoms with van der Waals surface area (Å²) in [5, 5.41) is 9.13. The number of rotatable bonds is 12. The molecule has 0 fully saturated rings. The largest absolute Gasteiger partial charge is 0.491 e. The number of nitrogens with zero attached hydrogens (tertiary/aromatic N) is 1. The van der Waals surface area contributed by atoms with Gasteiger partial charge in [0.2, 0.25) is 0 Å². The average Bonchev–Trinajstić information content (AvgIpc) is 2.79. The molecule has 0 amide bonds. The lowest BCUT2D eigenvalue weighted by atomic mass is 10.2. The molecule has 0 aromatic heterocycles. The lowest BCUT2D eigenvalue weighted by Crippen LogP contribution is -2.14. The maximum Gasteiger partial charge on any atom is 0.168 e. The molecule has 3 N–H and O–H groups in total. The van der Waals surface area contributed by atoms with Crippen LogP contribution in [0.3, 0.4) is 0 Å². The molecule has 0 unspecified atom stereocenters. The van der Waals surface area contributed by atoms with E-state index in [1.165, 1.54) is 6.08 Å². The predicted octanol–water partition coefficient (Wildman–Crippen LogP) is 6.09. The van der Waals surface area contributed by atoms with Gasteiger partial charge in [-0.25, -0.2) is 9.38 Å². The fraction of sp³-hybridized carbons (Fsp3) is 0.160. The van der Waals surface area contributed by atoms with Gasteiger partial charge in [-0.15, -0.1) is 0 Å². The first kappa shape index (κ1) is 24.4. The third-order valence-electron chi connectivity index (χ3n) is 4.10. The average molecular weight is 437 g/mol. The van der Waals surface area contributed by atoms with Crippen LogP contribution in [-0.2, 0) is 4.74 Å². The predicted molar refractivity (Wildman–Crippen MR) is 132 cm³/mol. The Kier molecular flexibility index (Phi) is 9.74. The van der Waals surface area contributed by atoms with Gasteiger partial charge in [-0.2, -0.15) is 0 Å². The molecule has 0 heterocycles. The molecule has 168 valence electrons. The van der Waals surface area contributed by atoms with Crippen LogP contribution in [0.15, 0.2) is 103 Å². The van der Waals surface area contributed by atoms with Crippen LogP contribution in [0.5, 0.6) is 5.75 Å². The topological polar surface area (TPSA) is 66.9 Å². The van der Waals surface area contributed by atoms with Gasteiger partial charge in [-0.05, 0) is 61.5 Å². The third kappa shape index (κ3) is 8.12. The maximum atomic E-state index is 14.5. The maximum absolute atomic E-state index is 14.5. The Hall–Kier alpha value is -3.84. The number of benzene rings is 2. The van der Waals surface area contributed by atoms with Crippen molar-refractivity contribution in [3.05, 3.63) is 97.8 Å². The molecule has 0 saturated carbocycles. The summed E-state index contributed by atoms with van der Waals surface area (Å²) in [5.74, 6) is 0.511. The highest BCUT2D eigenvalue weighted by molar-refractivity contribution is 6.07. The standard InChI is InChI=1S/C25H29FN4O2/c1-6-18(3)27-21-9-8-10-22(17-21)30-25(24(26)7-2)29-19(4)28-20-11-13-23(14-12-20)32-16-15-31-5/h6-14,17,27-28H,1,3-4,15-16H2,2,5H3,(H,29,30)/b24-7+. The monoisotopic (exact) mass is 436 g/mol. The van der Waals surface area contributed by atoms with E-state index in [0.717, 1.165) is 17.1 Å². The molecule has 0 aliphatic carbocycles. The zero-order valence-electron chi connectivity index (χ0n) is 18.5. The molecule has 2 rings (SSSR count). The summed E-state index contributed by atoms with van der Waals surface area (Å²) in [7, 11) is 1.62. The minimum absolute atomic E-state index is 0.0317. The first-order valence-corrected chi connectivity index (χ1v) is 9.99. The van der Waals surface area contributed by atoms with Crippen LogP contribution < -0.4 is 20.7 Å². The zero-order valence-corrected chi connectivity index (χ0v) is 18.5. The number of amidine groups is 1. The van der Waals surface area contributed by atoms with E-state index in [4.69, 9.17) is 9.47 Å². The van der Waals surface area contributed by atoms with E-state index in [1.54, 1.807) is 26.2 Å². The number of ether oxygens (including phenoxy) is 2. The second kappa shape index (κ2) is 12.8. The number of methoxy groups -OCH3 is 1. The Morgan fingerprint density at radius 1 is 1.00 bits per heavy atom. The molecule has 0 saturated heterocycles. The number of allylic oxidation sites excluding steroid dienone is 2. The van der Waals surface area contributed by atoms with Crippen LogP contribution in [0.1, 0.15) is 6.92 Å². The highest BCUT2D eigenvalue weighted by Crippen LogP contribution is 2.20. The summed E-state index contributed by atoms with van der Waals surface area (Å²) < 4.78 is 25.0. The van der Waals surface area contributed by atoms with Crippen molar-refractivity contribution >= 4 is 22.9 Å². The van der Waals surface area contributed by atoms with E-state index in [-0.39, 0.29) is 11.7 Å². The number of nitrogens with one attached hydrogen (secondary N) is 3. The van der Waals surface area contributed by atoms with Gasteiger partial charge in [-0.3, -0.25) is 0 Å². The van der Waals surface area contributed by atoms with Crippen molar-refractivity contribution < 1.29 is 13.9 Å². The van der Waals surface area contributed by atoms with E-state index in [0.29, 0.717) is 24.6 Å². The van der Waals surface area contributed by atoms with Gasteiger partial charge in [0.1, 0.15) is 18.2 Å². The highest BCUT2D eigenvalue weighted by Gasteiger charge is 2.08. The van der Waals surface area contributed by atoms with Crippen LogP contribution in [0.2, 0.25) is 0 Å². The Bertz CT molecular complexity index is 997. The summed E-state index contributed by atoms with van der Waals surface area (Å²) in [6.45, 7) is 14.0. The first-order valence-electron chi connectivity index (χ1n) is 9.99. The van der Waals surface area contributed by atoms with Gasteiger partial charge >= 0.3 is 0 Å². The number of hydrogen-bond acceptors (Lipinski definition) is 5. The van der Waals surface area contributed by atoms with E-state index in [9.17, 15) is 4.39 Å². The highest BCUT2D eigenvalue weighted by atomic mass is 19.1. The Morgan fingerprint density at radius 2 is 1.69 bits per heavy atom. The van der Waals surface area contributed by atoms with Crippen LogP contribution in [-0.4, -0.2) is 26.2 Å². The zero-order chi connectivity index (χ0) is 23.3. The van der Waals surface area contributed by atoms with Gasteiger partial charge in [0, 0.05) is 29.9 Å². The fourth-order valence-electron chi connectivity index (χ4n) is 2.53.